The van der Waals surface area contributed by atoms with E-state index >= 15 is 0 Å². The third-order valence-corrected chi connectivity index (χ3v) is 2.39. The second kappa shape index (κ2) is 4.96. The van der Waals surface area contributed by atoms with E-state index in [1.54, 1.807) is 18.0 Å². The Morgan fingerprint density at radius 1 is 1.67 bits per heavy atom. The SMILES string of the molecule is CC(CO)N(C)c1cc(C#N)cc(Cl)n1. The van der Waals surface area contributed by atoms with Crippen LogP contribution in [0.3, 0.4) is 0 Å². The first-order valence-corrected chi connectivity index (χ1v) is 4.87. The molecular weight excluding hydrogens is 214 g/mol. The van der Waals surface area contributed by atoms with E-state index in [4.69, 9.17) is 22.0 Å². The van der Waals surface area contributed by atoms with Gasteiger partial charge in [0.05, 0.1) is 24.3 Å². The smallest absolute Gasteiger partial charge is 0.132 e. The van der Waals surface area contributed by atoms with Crippen LogP contribution in [0.15, 0.2) is 12.1 Å². The lowest BCUT2D eigenvalue weighted by atomic mass is 10.2. The zero-order chi connectivity index (χ0) is 11.4. The van der Waals surface area contributed by atoms with Crippen molar-refractivity contribution in [3.05, 3.63) is 22.8 Å². The minimum absolute atomic E-state index is 0.0204. The second-order valence-electron chi connectivity index (χ2n) is 3.29. The summed E-state index contributed by atoms with van der Waals surface area (Å²) in [5, 5.41) is 18.0. The highest BCUT2D eigenvalue weighted by atomic mass is 35.5. The van der Waals surface area contributed by atoms with Crippen molar-refractivity contribution in [2.45, 2.75) is 13.0 Å². The van der Waals surface area contributed by atoms with Gasteiger partial charge in [-0.15, -0.1) is 0 Å². The molecule has 0 saturated carbocycles. The first-order valence-electron chi connectivity index (χ1n) is 4.50. The predicted octanol–water partition coefficient (Wildman–Crippen LogP) is 1.42. The molecular formula is C10H12ClN3O. The largest absolute Gasteiger partial charge is 0.394 e. The molecule has 1 heterocycles. The van der Waals surface area contributed by atoms with Crippen LogP contribution in [0, 0.1) is 11.3 Å². The molecule has 4 nitrogen and oxygen atoms in total. The van der Waals surface area contributed by atoms with E-state index in [-0.39, 0.29) is 17.8 Å². The maximum Gasteiger partial charge on any atom is 0.132 e. The van der Waals surface area contributed by atoms with Gasteiger partial charge in [-0.1, -0.05) is 11.6 Å². The lowest BCUT2D eigenvalue weighted by Crippen LogP contribution is -2.32. The van der Waals surface area contributed by atoms with Gasteiger partial charge in [0.2, 0.25) is 0 Å². The number of aliphatic hydroxyl groups is 1. The minimum Gasteiger partial charge on any atom is -0.394 e. The van der Waals surface area contributed by atoms with Gasteiger partial charge >= 0.3 is 0 Å². The molecule has 80 valence electrons. The molecule has 1 atom stereocenters. The van der Waals surface area contributed by atoms with Crippen LogP contribution in [0.1, 0.15) is 12.5 Å². The van der Waals surface area contributed by atoms with E-state index in [9.17, 15) is 0 Å². The molecule has 0 fully saturated rings. The summed E-state index contributed by atoms with van der Waals surface area (Å²) >= 11 is 5.77. The number of hydrogen-bond donors (Lipinski definition) is 1. The summed E-state index contributed by atoms with van der Waals surface area (Å²) < 4.78 is 0. The quantitative estimate of drug-likeness (QED) is 0.791. The molecule has 0 aliphatic rings. The zero-order valence-corrected chi connectivity index (χ0v) is 9.36. The molecule has 1 aromatic heterocycles. The monoisotopic (exact) mass is 225 g/mol. The van der Waals surface area contributed by atoms with E-state index in [0.29, 0.717) is 11.4 Å². The van der Waals surface area contributed by atoms with Gasteiger partial charge in [0.1, 0.15) is 11.0 Å². The zero-order valence-electron chi connectivity index (χ0n) is 8.61. The van der Waals surface area contributed by atoms with E-state index < -0.39 is 0 Å². The number of aliphatic hydroxyl groups excluding tert-OH is 1. The number of rotatable bonds is 3. The van der Waals surface area contributed by atoms with Gasteiger partial charge in [-0.25, -0.2) is 4.98 Å². The van der Waals surface area contributed by atoms with Crippen LogP contribution in [-0.2, 0) is 0 Å². The number of nitriles is 1. The first-order chi connectivity index (χ1) is 7.08. The van der Waals surface area contributed by atoms with E-state index in [1.807, 2.05) is 13.0 Å². The Bertz CT molecular complexity index is 389. The summed E-state index contributed by atoms with van der Waals surface area (Å²) in [6.45, 7) is 1.88. The van der Waals surface area contributed by atoms with Crippen molar-refractivity contribution >= 4 is 17.4 Å². The molecule has 0 aliphatic carbocycles. The summed E-state index contributed by atoms with van der Waals surface area (Å²) in [6, 6.07) is 5.08. The number of nitrogens with zero attached hydrogens (tertiary/aromatic N) is 3. The molecule has 1 aromatic rings. The lowest BCUT2D eigenvalue weighted by Gasteiger charge is -2.24. The van der Waals surface area contributed by atoms with Gasteiger partial charge in [-0.2, -0.15) is 5.26 Å². The Balaban J connectivity index is 3.04. The molecule has 0 spiro atoms. The van der Waals surface area contributed by atoms with E-state index in [1.165, 1.54) is 6.07 Å². The van der Waals surface area contributed by atoms with Crippen molar-refractivity contribution in [1.82, 2.24) is 4.98 Å². The lowest BCUT2D eigenvalue weighted by molar-refractivity contribution is 0.270. The summed E-state index contributed by atoms with van der Waals surface area (Å²) in [5.41, 5.74) is 0.460. The maximum atomic E-state index is 8.99. The molecule has 0 aromatic carbocycles. The van der Waals surface area contributed by atoms with Gasteiger partial charge in [0.15, 0.2) is 0 Å². The third kappa shape index (κ3) is 2.82. The third-order valence-electron chi connectivity index (χ3n) is 2.20. The fourth-order valence-corrected chi connectivity index (χ4v) is 1.28. The highest BCUT2D eigenvalue weighted by molar-refractivity contribution is 6.29. The van der Waals surface area contributed by atoms with Crippen LogP contribution in [0.5, 0.6) is 0 Å². The normalized spacial score (nSPS) is 11.9. The molecule has 0 amide bonds. The summed E-state index contributed by atoms with van der Waals surface area (Å²) in [4.78, 5) is 5.85. The fraction of sp³-hybridized carbons (Fsp3) is 0.400. The number of aromatic nitrogens is 1. The van der Waals surface area contributed by atoms with Gasteiger partial charge in [0.25, 0.3) is 0 Å². The van der Waals surface area contributed by atoms with Crippen LogP contribution in [0.2, 0.25) is 5.15 Å². The molecule has 5 heteroatoms. The van der Waals surface area contributed by atoms with Crippen molar-refractivity contribution in [2.75, 3.05) is 18.6 Å². The Morgan fingerprint density at radius 3 is 2.87 bits per heavy atom. The van der Waals surface area contributed by atoms with Crippen LogP contribution < -0.4 is 4.90 Å². The van der Waals surface area contributed by atoms with E-state index in [0.717, 1.165) is 0 Å². The Kier molecular flexibility index (Phi) is 3.89. The topological polar surface area (TPSA) is 60.1 Å². The van der Waals surface area contributed by atoms with Gasteiger partial charge in [0, 0.05) is 7.05 Å². The number of hydrogen-bond acceptors (Lipinski definition) is 4. The molecule has 15 heavy (non-hydrogen) atoms. The average Bonchev–Trinajstić information content (AvgIpc) is 2.26. The minimum atomic E-state index is -0.0671. The predicted molar refractivity (Wildman–Crippen MR) is 58.9 cm³/mol. The standard InChI is InChI=1S/C10H12ClN3O/c1-7(6-15)14(2)10-4-8(5-12)3-9(11)13-10/h3-4,7,15H,6H2,1-2H3. The average molecular weight is 226 g/mol. The Morgan fingerprint density at radius 2 is 2.33 bits per heavy atom. The Labute approximate surface area is 93.7 Å². The molecule has 0 aliphatic heterocycles. The molecule has 0 saturated heterocycles. The highest BCUT2D eigenvalue weighted by Crippen LogP contribution is 2.18. The van der Waals surface area contributed by atoms with Crippen molar-refractivity contribution in [3.63, 3.8) is 0 Å². The molecule has 0 bridgehead atoms. The summed E-state index contributed by atoms with van der Waals surface area (Å²) in [6.07, 6.45) is 0. The Hall–Kier alpha value is -1.31. The van der Waals surface area contributed by atoms with E-state index in [2.05, 4.69) is 4.98 Å². The summed E-state index contributed by atoms with van der Waals surface area (Å²) in [7, 11) is 1.79. The van der Waals surface area contributed by atoms with Crippen LogP contribution in [0.4, 0.5) is 5.82 Å². The number of anilines is 1. The number of pyridine rings is 1. The first kappa shape index (κ1) is 11.8. The van der Waals surface area contributed by atoms with Crippen molar-refractivity contribution in [3.8, 4) is 6.07 Å². The van der Waals surface area contributed by atoms with Crippen LogP contribution >= 0.6 is 11.6 Å². The number of halogens is 1. The van der Waals surface area contributed by atoms with Gasteiger partial charge < -0.3 is 10.0 Å². The van der Waals surface area contributed by atoms with Crippen LogP contribution in [0.25, 0.3) is 0 Å². The molecule has 1 N–H and O–H groups in total. The maximum absolute atomic E-state index is 8.99. The van der Waals surface area contributed by atoms with Crippen molar-refractivity contribution < 1.29 is 5.11 Å². The molecule has 1 rings (SSSR count). The fourth-order valence-electron chi connectivity index (χ4n) is 1.08. The second-order valence-corrected chi connectivity index (χ2v) is 3.68. The highest BCUT2D eigenvalue weighted by Gasteiger charge is 2.11. The van der Waals surface area contributed by atoms with Gasteiger partial charge in [-0.3, -0.25) is 0 Å². The summed E-state index contributed by atoms with van der Waals surface area (Å²) in [5.74, 6) is 0.584. The molecule has 1 unspecified atom stereocenters. The van der Waals surface area contributed by atoms with Crippen molar-refractivity contribution in [1.29, 1.82) is 5.26 Å². The van der Waals surface area contributed by atoms with Gasteiger partial charge in [-0.05, 0) is 19.1 Å². The molecule has 0 radical (unpaired) electrons. The number of likely N-dealkylation sites (N-methyl/N-ethyl adjacent to an activating group) is 1. The van der Waals surface area contributed by atoms with Crippen LogP contribution in [-0.4, -0.2) is 29.8 Å². The van der Waals surface area contributed by atoms with Crippen molar-refractivity contribution in [2.24, 2.45) is 0 Å².